The molecule has 3 atom stereocenters. The molecular formula is C11H23ClN2O2. The number of rotatable bonds is 4. The van der Waals surface area contributed by atoms with Gasteiger partial charge in [-0.15, -0.1) is 12.4 Å². The van der Waals surface area contributed by atoms with Gasteiger partial charge in [0.2, 0.25) is 5.91 Å². The van der Waals surface area contributed by atoms with Gasteiger partial charge in [-0.05, 0) is 33.2 Å². The quantitative estimate of drug-likeness (QED) is 0.781. The van der Waals surface area contributed by atoms with Crippen LogP contribution in [0.15, 0.2) is 0 Å². The Labute approximate surface area is 104 Å². The number of hydrogen-bond donors (Lipinski definition) is 2. The van der Waals surface area contributed by atoms with Gasteiger partial charge in [-0.1, -0.05) is 0 Å². The number of hydrogen-bond acceptors (Lipinski definition) is 3. The molecule has 1 heterocycles. The zero-order valence-electron chi connectivity index (χ0n) is 10.3. The lowest BCUT2D eigenvalue weighted by Gasteiger charge is -2.28. The van der Waals surface area contributed by atoms with Crippen molar-refractivity contribution in [2.75, 3.05) is 20.3 Å². The van der Waals surface area contributed by atoms with E-state index in [4.69, 9.17) is 4.74 Å². The Bertz CT molecular complexity index is 214. The average molecular weight is 251 g/mol. The zero-order chi connectivity index (χ0) is 11.3. The van der Waals surface area contributed by atoms with Gasteiger partial charge in [0, 0.05) is 25.1 Å². The monoisotopic (exact) mass is 250 g/mol. The van der Waals surface area contributed by atoms with E-state index in [-0.39, 0.29) is 30.3 Å². The first-order valence-corrected chi connectivity index (χ1v) is 5.66. The minimum absolute atomic E-state index is 0. The number of carbonyl (C=O) groups is 1. The largest absolute Gasteiger partial charge is 0.383 e. The summed E-state index contributed by atoms with van der Waals surface area (Å²) in [5.74, 6) is 0.341. The molecule has 16 heavy (non-hydrogen) atoms. The summed E-state index contributed by atoms with van der Waals surface area (Å²) in [7, 11) is 1.65. The average Bonchev–Trinajstić information content (AvgIpc) is 2.18. The molecule has 1 aliphatic rings. The Morgan fingerprint density at radius 2 is 2.31 bits per heavy atom. The van der Waals surface area contributed by atoms with Crippen LogP contribution >= 0.6 is 12.4 Å². The summed E-state index contributed by atoms with van der Waals surface area (Å²) in [6, 6.07) is 0.555. The van der Waals surface area contributed by atoms with Crippen molar-refractivity contribution in [1.82, 2.24) is 10.6 Å². The molecule has 0 unspecified atom stereocenters. The highest BCUT2D eigenvalue weighted by Gasteiger charge is 2.25. The zero-order valence-corrected chi connectivity index (χ0v) is 11.1. The van der Waals surface area contributed by atoms with E-state index in [1.54, 1.807) is 7.11 Å². The summed E-state index contributed by atoms with van der Waals surface area (Å²) in [5, 5.41) is 6.32. The van der Waals surface area contributed by atoms with Crippen LogP contribution < -0.4 is 10.6 Å². The lowest BCUT2D eigenvalue weighted by atomic mass is 9.92. The molecule has 1 fully saturated rings. The molecule has 0 aromatic carbocycles. The molecule has 0 aliphatic carbocycles. The van der Waals surface area contributed by atoms with Crippen LogP contribution in [0.25, 0.3) is 0 Å². The number of methoxy groups -OCH3 is 1. The van der Waals surface area contributed by atoms with Crippen molar-refractivity contribution < 1.29 is 9.53 Å². The molecule has 0 spiro atoms. The Morgan fingerprint density at radius 1 is 1.62 bits per heavy atom. The molecule has 96 valence electrons. The van der Waals surface area contributed by atoms with E-state index in [0.29, 0.717) is 12.6 Å². The van der Waals surface area contributed by atoms with Gasteiger partial charge in [0.25, 0.3) is 0 Å². The fraction of sp³-hybridized carbons (Fsp3) is 0.909. The molecule has 1 amide bonds. The van der Waals surface area contributed by atoms with Crippen LogP contribution in [0.4, 0.5) is 0 Å². The summed E-state index contributed by atoms with van der Waals surface area (Å²) >= 11 is 0. The summed E-state index contributed by atoms with van der Waals surface area (Å²) in [5.41, 5.74) is 0. The van der Waals surface area contributed by atoms with Crippen molar-refractivity contribution >= 4 is 18.3 Å². The number of nitrogens with one attached hydrogen (secondary N) is 2. The second kappa shape index (κ2) is 7.87. The second-order valence-corrected chi connectivity index (χ2v) is 4.44. The number of amides is 1. The van der Waals surface area contributed by atoms with E-state index in [0.717, 1.165) is 19.4 Å². The first-order valence-electron chi connectivity index (χ1n) is 5.66. The third-order valence-corrected chi connectivity index (χ3v) is 2.80. The van der Waals surface area contributed by atoms with Crippen molar-refractivity contribution in [2.45, 2.75) is 38.8 Å². The molecule has 1 saturated heterocycles. The third kappa shape index (κ3) is 5.14. The lowest BCUT2D eigenvalue weighted by molar-refractivity contribution is -0.127. The minimum atomic E-state index is 0. The summed E-state index contributed by atoms with van der Waals surface area (Å²) < 4.78 is 4.99. The number of halogens is 1. The fourth-order valence-electron chi connectivity index (χ4n) is 2.02. The molecule has 1 aliphatic heterocycles. The van der Waals surface area contributed by atoms with Gasteiger partial charge in [0.05, 0.1) is 6.61 Å². The Balaban J connectivity index is 0.00000225. The van der Waals surface area contributed by atoms with Crippen LogP contribution in [0.3, 0.4) is 0 Å². The van der Waals surface area contributed by atoms with Crippen molar-refractivity contribution in [3.05, 3.63) is 0 Å². The maximum atomic E-state index is 11.8. The van der Waals surface area contributed by atoms with E-state index in [1.165, 1.54) is 0 Å². The fourth-order valence-corrected chi connectivity index (χ4v) is 2.02. The molecule has 1 rings (SSSR count). The molecule has 0 aromatic rings. The van der Waals surface area contributed by atoms with Gasteiger partial charge in [0.1, 0.15) is 0 Å². The van der Waals surface area contributed by atoms with Crippen molar-refractivity contribution in [2.24, 2.45) is 5.92 Å². The normalized spacial score (nSPS) is 26.7. The number of ether oxygens (including phenoxy) is 1. The molecule has 4 nitrogen and oxygen atoms in total. The lowest BCUT2D eigenvalue weighted by Crippen LogP contribution is -2.45. The highest BCUT2D eigenvalue weighted by atomic mass is 35.5. The predicted molar refractivity (Wildman–Crippen MR) is 66.9 cm³/mol. The maximum absolute atomic E-state index is 11.8. The van der Waals surface area contributed by atoms with Crippen LogP contribution in [0.2, 0.25) is 0 Å². The van der Waals surface area contributed by atoms with Gasteiger partial charge < -0.3 is 15.4 Å². The van der Waals surface area contributed by atoms with Gasteiger partial charge in [-0.3, -0.25) is 4.79 Å². The molecule has 5 heteroatoms. The summed E-state index contributed by atoms with van der Waals surface area (Å²) in [4.78, 5) is 11.8. The molecule has 2 N–H and O–H groups in total. The van der Waals surface area contributed by atoms with Gasteiger partial charge in [-0.2, -0.15) is 0 Å². The van der Waals surface area contributed by atoms with Crippen LogP contribution in [-0.4, -0.2) is 38.3 Å². The predicted octanol–water partition coefficient (Wildman–Crippen LogP) is 0.947. The topological polar surface area (TPSA) is 50.4 Å². The molecule has 0 radical (unpaired) electrons. The van der Waals surface area contributed by atoms with E-state index >= 15 is 0 Å². The van der Waals surface area contributed by atoms with E-state index < -0.39 is 0 Å². The van der Waals surface area contributed by atoms with Crippen LogP contribution in [-0.2, 0) is 9.53 Å². The molecule has 0 saturated carbocycles. The van der Waals surface area contributed by atoms with E-state index in [1.807, 2.05) is 6.92 Å². The molecule has 0 aromatic heterocycles. The van der Waals surface area contributed by atoms with E-state index in [2.05, 4.69) is 17.6 Å². The van der Waals surface area contributed by atoms with Crippen LogP contribution in [0, 0.1) is 5.92 Å². The van der Waals surface area contributed by atoms with Gasteiger partial charge >= 0.3 is 0 Å². The van der Waals surface area contributed by atoms with Gasteiger partial charge in [-0.25, -0.2) is 0 Å². The van der Waals surface area contributed by atoms with Crippen molar-refractivity contribution in [1.29, 1.82) is 0 Å². The van der Waals surface area contributed by atoms with Crippen LogP contribution in [0.5, 0.6) is 0 Å². The van der Waals surface area contributed by atoms with Crippen molar-refractivity contribution in [3.63, 3.8) is 0 Å². The highest BCUT2D eigenvalue weighted by Crippen LogP contribution is 2.16. The Morgan fingerprint density at radius 3 is 2.88 bits per heavy atom. The Kier molecular flexibility index (Phi) is 7.72. The molecule has 0 bridgehead atoms. The number of piperidine rings is 1. The van der Waals surface area contributed by atoms with E-state index in [9.17, 15) is 4.79 Å². The smallest absolute Gasteiger partial charge is 0.223 e. The maximum Gasteiger partial charge on any atom is 0.223 e. The molecular weight excluding hydrogens is 228 g/mol. The Hall–Kier alpha value is -0.320. The number of carbonyl (C=O) groups excluding carboxylic acids is 1. The highest BCUT2D eigenvalue weighted by molar-refractivity contribution is 5.85. The third-order valence-electron chi connectivity index (χ3n) is 2.80. The summed E-state index contributed by atoms with van der Waals surface area (Å²) in [6.45, 7) is 5.61. The van der Waals surface area contributed by atoms with Crippen molar-refractivity contribution in [3.8, 4) is 0 Å². The van der Waals surface area contributed by atoms with Gasteiger partial charge in [0.15, 0.2) is 0 Å². The first-order chi connectivity index (χ1) is 7.13. The SMILES string of the molecule is COC[C@@H](C)NC(=O)[C@H]1CCN[C@@H](C)C1.Cl. The van der Waals surface area contributed by atoms with Crippen LogP contribution in [0.1, 0.15) is 26.7 Å². The minimum Gasteiger partial charge on any atom is -0.383 e. The summed E-state index contributed by atoms with van der Waals surface area (Å²) in [6.07, 6.45) is 1.88. The first kappa shape index (κ1) is 15.7. The standard InChI is InChI=1S/C11H22N2O2.ClH/c1-8-6-10(4-5-12-8)11(14)13-9(2)7-15-3;/h8-10,12H,4-7H2,1-3H3,(H,13,14);1H/t8-,9+,10-;/m0./s1. The second-order valence-electron chi connectivity index (χ2n) is 4.44.